The minimum atomic E-state index is 0.248. The summed E-state index contributed by atoms with van der Waals surface area (Å²) in [6, 6.07) is 0. The number of hydrogen-bond acceptors (Lipinski definition) is 3. The molecule has 3 N–H and O–H groups in total. The van der Waals surface area contributed by atoms with E-state index in [1.807, 2.05) is 6.92 Å². The molecule has 0 radical (unpaired) electrons. The molecule has 2 rings (SSSR count). The van der Waals surface area contributed by atoms with Crippen LogP contribution < -0.4 is 11.1 Å². The third-order valence-corrected chi connectivity index (χ3v) is 3.69. The predicted octanol–water partition coefficient (Wildman–Crippen LogP) is 2.70. The van der Waals surface area contributed by atoms with E-state index in [0.717, 1.165) is 21.5 Å². The summed E-state index contributed by atoms with van der Waals surface area (Å²) >= 11 is 3.51. The Kier molecular flexibility index (Phi) is 2.18. The largest absolute Gasteiger partial charge is 0.397 e. The van der Waals surface area contributed by atoms with Gasteiger partial charge in [-0.2, -0.15) is 0 Å². The minimum Gasteiger partial charge on any atom is -0.397 e. The maximum atomic E-state index is 5.75. The number of halogens is 1. The first-order valence-electron chi connectivity index (χ1n) is 4.71. The van der Waals surface area contributed by atoms with Crippen LogP contribution in [0.5, 0.6) is 0 Å². The van der Waals surface area contributed by atoms with Crippen molar-refractivity contribution in [3.05, 3.63) is 16.2 Å². The van der Waals surface area contributed by atoms with Gasteiger partial charge in [-0.25, -0.2) is 4.98 Å². The summed E-state index contributed by atoms with van der Waals surface area (Å²) in [5.74, 6) is 0.900. The highest BCUT2D eigenvalue weighted by Gasteiger charge is 2.37. The quantitative estimate of drug-likeness (QED) is 0.855. The minimum absolute atomic E-state index is 0.248. The van der Waals surface area contributed by atoms with E-state index in [1.54, 1.807) is 6.20 Å². The van der Waals surface area contributed by atoms with E-state index >= 15 is 0 Å². The average molecular weight is 256 g/mol. The van der Waals surface area contributed by atoms with Crippen LogP contribution in [0.4, 0.5) is 11.5 Å². The molecule has 14 heavy (non-hydrogen) atoms. The second-order valence-corrected chi connectivity index (χ2v) is 4.98. The van der Waals surface area contributed by atoms with E-state index in [0.29, 0.717) is 0 Å². The van der Waals surface area contributed by atoms with Gasteiger partial charge in [-0.15, -0.1) is 0 Å². The summed E-state index contributed by atoms with van der Waals surface area (Å²) in [6.07, 6.45) is 4.13. The second kappa shape index (κ2) is 3.12. The molecule has 1 aromatic rings. The zero-order chi connectivity index (χ0) is 10.3. The fourth-order valence-electron chi connectivity index (χ4n) is 1.28. The number of nitrogens with two attached hydrogens (primary N) is 1. The van der Waals surface area contributed by atoms with Crippen molar-refractivity contribution in [2.45, 2.75) is 32.2 Å². The van der Waals surface area contributed by atoms with Crippen molar-refractivity contribution in [2.75, 3.05) is 11.1 Å². The fraction of sp³-hybridized carbons (Fsp3) is 0.500. The molecule has 0 bridgehead atoms. The van der Waals surface area contributed by atoms with Crippen LogP contribution in [0.2, 0.25) is 0 Å². The lowest BCUT2D eigenvalue weighted by molar-refractivity contribution is 0.819. The van der Waals surface area contributed by atoms with Gasteiger partial charge < -0.3 is 11.1 Å². The summed E-state index contributed by atoms with van der Waals surface area (Å²) < 4.78 is 0.977. The van der Waals surface area contributed by atoms with Crippen LogP contribution in [-0.2, 0) is 0 Å². The van der Waals surface area contributed by atoms with Crippen molar-refractivity contribution in [3.8, 4) is 0 Å². The number of nitrogens with zero attached hydrogens (tertiary/aromatic N) is 1. The van der Waals surface area contributed by atoms with E-state index in [4.69, 9.17) is 5.73 Å². The molecule has 0 saturated heterocycles. The molecule has 3 nitrogen and oxygen atoms in total. The van der Waals surface area contributed by atoms with E-state index in [-0.39, 0.29) is 5.54 Å². The first-order valence-corrected chi connectivity index (χ1v) is 5.50. The van der Waals surface area contributed by atoms with Crippen LogP contribution in [0.1, 0.15) is 25.3 Å². The number of nitrogens with one attached hydrogen (secondary N) is 1. The number of aromatic nitrogens is 1. The van der Waals surface area contributed by atoms with Crippen molar-refractivity contribution in [3.63, 3.8) is 0 Å². The Labute approximate surface area is 92.2 Å². The highest BCUT2D eigenvalue weighted by Crippen LogP contribution is 2.40. The van der Waals surface area contributed by atoms with Crippen LogP contribution in [0, 0.1) is 6.92 Å². The van der Waals surface area contributed by atoms with Gasteiger partial charge in [0.25, 0.3) is 0 Å². The third kappa shape index (κ3) is 1.71. The van der Waals surface area contributed by atoms with Gasteiger partial charge in [0.15, 0.2) is 0 Å². The van der Waals surface area contributed by atoms with Crippen LogP contribution in [-0.4, -0.2) is 10.5 Å². The Morgan fingerprint density at radius 1 is 1.57 bits per heavy atom. The highest BCUT2D eigenvalue weighted by molar-refractivity contribution is 9.10. The van der Waals surface area contributed by atoms with Crippen molar-refractivity contribution in [2.24, 2.45) is 0 Å². The first kappa shape index (κ1) is 9.77. The molecule has 4 heteroatoms. The van der Waals surface area contributed by atoms with Gasteiger partial charge >= 0.3 is 0 Å². The third-order valence-electron chi connectivity index (χ3n) is 2.72. The Balaban J connectivity index is 2.30. The van der Waals surface area contributed by atoms with E-state index in [1.165, 1.54) is 12.8 Å². The van der Waals surface area contributed by atoms with Crippen LogP contribution in [0.3, 0.4) is 0 Å². The van der Waals surface area contributed by atoms with Gasteiger partial charge in [-0.3, -0.25) is 0 Å². The topological polar surface area (TPSA) is 50.9 Å². The fourth-order valence-corrected chi connectivity index (χ4v) is 1.71. The van der Waals surface area contributed by atoms with Crippen molar-refractivity contribution in [1.29, 1.82) is 0 Å². The molecule has 76 valence electrons. The first-order chi connectivity index (χ1) is 6.52. The number of pyridine rings is 1. The summed E-state index contributed by atoms with van der Waals surface area (Å²) in [4.78, 5) is 4.28. The lowest BCUT2D eigenvalue weighted by Gasteiger charge is -2.15. The molecule has 1 aliphatic carbocycles. The molecule has 1 aliphatic rings. The van der Waals surface area contributed by atoms with E-state index < -0.39 is 0 Å². The molecule has 0 aliphatic heterocycles. The zero-order valence-corrected chi connectivity index (χ0v) is 9.98. The van der Waals surface area contributed by atoms with Crippen molar-refractivity contribution < 1.29 is 0 Å². The molecule has 0 amide bonds. The van der Waals surface area contributed by atoms with Gasteiger partial charge in [0.2, 0.25) is 0 Å². The highest BCUT2D eigenvalue weighted by atomic mass is 79.9. The second-order valence-electron chi connectivity index (χ2n) is 4.19. The molecule has 1 fully saturated rings. The summed E-state index contributed by atoms with van der Waals surface area (Å²) in [6.45, 7) is 4.19. The summed E-state index contributed by atoms with van der Waals surface area (Å²) in [5.41, 5.74) is 7.77. The Morgan fingerprint density at radius 3 is 2.79 bits per heavy atom. The number of nitrogen functional groups attached to an aromatic ring is 1. The maximum Gasteiger partial charge on any atom is 0.141 e. The SMILES string of the molecule is Cc1c(N)cnc(NC2(C)CC2)c1Br. The van der Waals surface area contributed by atoms with Gasteiger partial charge in [-0.1, -0.05) is 0 Å². The molecule has 1 heterocycles. The standard InChI is InChI=1S/C10H14BrN3/c1-6-7(12)5-13-9(8(6)11)14-10(2)3-4-10/h5H,3-4,12H2,1-2H3,(H,13,14). The normalized spacial score (nSPS) is 17.9. The molecule has 0 spiro atoms. The van der Waals surface area contributed by atoms with Gasteiger partial charge in [0.05, 0.1) is 16.4 Å². The predicted molar refractivity (Wildman–Crippen MR) is 62.3 cm³/mol. The Bertz CT molecular complexity index is 372. The molecule has 1 saturated carbocycles. The van der Waals surface area contributed by atoms with Crippen molar-refractivity contribution >= 4 is 27.4 Å². The Hall–Kier alpha value is -0.770. The lowest BCUT2D eigenvalue weighted by Crippen LogP contribution is -2.17. The van der Waals surface area contributed by atoms with Crippen LogP contribution >= 0.6 is 15.9 Å². The zero-order valence-electron chi connectivity index (χ0n) is 8.39. The molecule has 1 aromatic heterocycles. The summed E-state index contributed by atoms with van der Waals surface area (Å²) in [5, 5.41) is 3.42. The van der Waals surface area contributed by atoms with Gasteiger partial charge in [-0.05, 0) is 48.2 Å². The Morgan fingerprint density at radius 2 is 2.21 bits per heavy atom. The maximum absolute atomic E-state index is 5.75. The van der Waals surface area contributed by atoms with Crippen LogP contribution in [0.25, 0.3) is 0 Å². The van der Waals surface area contributed by atoms with Gasteiger partial charge in [0, 0.05) is 5.54 Å². The van der Waals surface area contributed by atoms with Gasteiger partial charge in [0.1, 0.15) is 5.82 Å². The van der Waals surface area contributed by atoms with E-state index in [2.05, 4.69) is 33.2 Å². The number of anilines is 2. The van der Waals surface area contributed by atoms with Crippen LogP contribution in [0.15, 0.2) is 10.7 Å². The monoisotopic (exact) mass is 255 g/mol. The average Bonchev–Trinajstić information content (AvgIpc) is 2.86. The summed E-state index contributed by atoms with van der Waals surface area (Å²) in [7, 11) is 0. The molecule has 0 aromatic carbocycles. The number of hydrogen-bond donors (Lipinski definition) is 2. The molecular weight excluding hydrogens is 242 g/mol. The smallest absolute Gasteiger partial charge is 0.141 e. The van der Waals surface area contributed by atoms with E-state index in [9.17, 15) is 0 Å². The molecule has 0 atom stereocenters. The molecule has 0 unspecified atom stereocenters. The van der Waals surface area contributed by atoms with Crippen molar-refractivity contribution in [1.82, 2.24) is 4.98 Å². The molecular formula is C10H14BrN3. The number of rotatable bonds is 2. The lowest BCUT2D eigenvalue weighted by atomic mass is 10.2.